The van der Waals surface area contributed by atoms with Crippen LogP contribution in [0.15, 0.2) is 36.4 Å². The molecule has 0 atom stereocenters. The summed E-state index contributed by atoms with van der Waals surface area (Å²) in [5.74, 6) is 0.893. The second-order valence-electron chi connectivity index (χ2n) is 5.29. The molecule has 0 amide bonds. The van der Waals surface area contributed by atoms with Gasteiger partial charge in [-0.2, -0.15) is 0 Å². The predicted molar refractivity (Wildman–Crippen MR) is 97.7 cm³/mol. The van der Waals surface area contributed by atoms with Crippen molar-refractivity contribution < 1.29 is 4.74 Å². The molecule has 2 aromatic carbocycles. The monoisotopic (exact) mass is 316 g/mol. The van der Waals surface area contributed by atoms with Gasteiger partial charge in [-0.25, -0.2) is 0 Å². The summed E-state index contributed by atoms with van der Waals surface area (Å²) in [6.07, 6.45) is 3.25. The summed E-state index contributed by atoms with van der Waals surface area (Å²) in [4.78, 5) is 0. The van der Waals surface area contributed by atoms with Gasteiger partial charge in [0, 0.05) is 13.1 Å². The minimum absolute atomic E-state index is 0.742. The highest BCUT2D eigenvalue weighted by Gasteiger charge is 2.03. The number of fused-ring (bicyclic) bond motifs is 1. The fourth-order valence-electron chi connectivity index (χ4n) is 2.41. The minimum Gasteiger partial charge on any atom is -0.497 e. The third-order valence-corrected chi connectivity index (χ3v) is 3.96. The molecule has 0 heterocycles. The third-order valence-electron chi connectivity index (χ3n) is 3.68. The zero-order chi connectivity index (χ0) is 15.8. The molecule has 0 radical (unpaired) electrons. The second-order valence-corrected chi connectivity index (χ2v) is 5.70. The SMILES string of the molecule is CCCCNC(=S)NCCc1cccc2ccc(OC)cc12. The molecular weight excluding hydrogens is 292 g/mol. The molecule has 0 saturated heterocycles. The Kier molecular flexibility index (Phi) is 6.46. The lowest BCUT2D eigenvalue weighted by atomic mass is 10.0. The Balaban J connectivity index is 1.95. The van der Waals surface area contributed by atoms with Crippen LogP contribution in [0, 0.1) is 0 Å². The first kappa shape index (κ1) is 16.6. The number of rotatable bonds is 7. The molecule has 4 heteroatoms. The lowest BCUT2D eigenvalue weighted by Crippen LogP contribution is -2.36. The quantitative estimate of drug-likeness (QED) is 0.603. The first-order valence-corrected chi connectivity index (χ1v) is 8.22. The van der Waals surface area contributed by atoms with Gasteiger partial charge in [0.1, 0.15) is 5.75 Å². The first-order valence-electron chi connectivity index (χ1n) is 7.82. The van der Waals surface area contributed by atoms with E-state index in [4.69, 9.17) is 17.0 Å². The smallest absolute Gasteiger partial charge is 0.166 e. The van der Waals surface area contributed by atoms with E-state index in [-0.39, 0.29) is 0 Å². The number of nitrogens with one attached hydrogen (secondary N) is 2. The molecule has 2 N–H and O–H groups in total. The molecule has 0 aliphatic carbocycles. The zero-order valence-corrected chi connectivity index (χ0v) is 14.1. The zero-order valence-electron chi connectivity index (χ0n) is 13.3. The van der Waals surface area contributed by atoms with Gasteiger partial charge in [-0.3, -0.25) is 0 Å². The Labute approximate surface area is 138 Å². The van der Waals surface area contributed by atoms with Crippen LogP contribution in [0.4, 0.5) is 0 Å². The van der Waals surface area contributed by atoms with E-state index in [1.165, 1.54) is 22.8 Å². The number of hydrogen-bond donors (Lipinski definition) is 2. The van der Waals surface area contributed by atoms with Crippen LogP contribution in [0.1, 0.15) is 25.3 Å². The van der Waals surface area contributed by atoms with Crippen molar-refractivity contribution in [3.63, 3.8) is 0 Å². The Morgan fingerprint density at radius 2 is 1.95 bits per heavy atom. The minimum atomic E-state index is 0.742. The van der Waals surface area contributed by atoms with E-state index < -0.39 is 0 Å². The van der Waals surface area contributed by atoms with Gasteiger partial charge in [-0.05, 0) is 53.5 Å². The highest BCUT2D eigenvalue weighted by molar-refractivity contribution is 7.80. The average Bonchev–Trinajstić information content (AvgIpc) is 2.55. The molecule has 0 saturated carbocycles. The standard InChI is InChI=1S/C18H24N2OS/c1-3-4-11-19-18(22)20-12-10-15-7-5-6-14-8-9-16(21-2)13-17(14)15/h5-9,13H,3-4,10-12H2,1-2H3,(H2,19,20,22). The van der Waals surface area contributed by atoms with Crippen molar-refractivity contribution in [3.05, 3.63) is 42.0 Å². The maximum atomic E-state index is 5.33. The summed E-state index contributed by atoms with van der Waals surface area (Å²) in [7, 11) is 1.70. The summed E-state index contributed by atoms with van der Waals surface area (Å²) >= 11 is 5.28. The van der Waals surface area contributed by atoms with Crippen LogP contribution < -0.4 is 15.4 Å². The van der Waals surface area contributed by atoms with Crippen LogP contribution in [-0.4, -0.2) is 25.3 Å². The van der Waals surface area contributed by atoms with Gasteiger partial charge < -0.3 is 15.4 Å². The molecule has 0 aliphatic rings. The highest BCUT2D eigenvalue weighted by Crippen LogP contribution is 2.24. The van der Waals surface area contributed by atoms with Crippen LogP contribution in [0.3, 0.4) is 0 Å². The van der Waals surface area contributed by atoms with E-state index in [1.807, 2.05) is 6.07 Å². The average molecular weight is 316 g/mol. The highest BCUT2D eigenvalue weighted by atomic mass is 32.1. The summed E-state index contributed by atoms with van der Waals surface area (Å²) < 4.78 is 5.33. The van der Waals surface area contributed by atoms with Crippen molar-refractivity contribution in [3.8, 4) is 5.75 Å². The third kappa shape index (κ3) is 4.60. The Morgan fingerprint density at radius 3 is 2.73 bits per heavy atom. The Morgan fingerprint density at radius 1 is 1.14 bits per heavy atom. The molecule has 0 spiro atoms. The summed E-state index contributed by atoms with van der Waals surface area (Å²) in [6.45, 7) is 3.94. The van der Waals surface area contributed by atoms with E-state index in [2.05, 4.69) is 47.9 Å². The summed E-state index contributed by atoms with van der Waals surface area (Å²) in [5, 5.41) is 9.72. The molecule has 2 rings (SSSR count). The van der Waals surface area contributed by atoms with Crippen molar-refractivity contribution in [2.24, 2.45) is 0 Å². The van der Waals surface area contributed by atoms with Crippen molar-refractivity contribution in [1.29, 1.82) is 0 Å². The number of hydrogen-bond acceptors (Lipinski definition) is 2. The lowest BCUT2D eigenvalue weighted by Gasteiger charge is -2.12. The molecule has 0 aliphatic heterocycles. The van der Waals surface area contributed by atoms with Gasteiger partial charge in [0.25, 0.3) is 0 Å². The fourth-order valence-corrected chi connectivity index (χ4v) is 2.62. The molecule has 0 aromatic heterocycles. The van der Waals surface area contributed by atoms with E-state index >= 15 is 0 Å². The van der Waals surface area contributed by atoms with Crippen LogP contribution in [0.5, 0.6) is 5.75 Å². The molecule has 0 unspecified atom stereocenters. The van der Waals surface area contributed by atoms with Crippen LogP contribution in [-0.2, 0) is 6.42 Å². The maximum absolute atomic E-state index is 5.33. The van der Waals surface area contributed by atoms with Crippen LogP contribution >= 0.6 is 12.2 Å². The predicted octanol–water partition coefficient (Wildman–Crippen LogP) is 3.66. The summed E-state index contributed by atoms with van der Waals surface area (Å²) in [5.41, 5.74) is 1.31. The summed E-state index contributed by atoms with van der Waals surface area (Å²) in [6, 6.07) is 12.6. The van der Waals surface area contributed by atoms with E-state index in [1.54, 1.807) is 7.11 Å². The topological polar surface area (TPSA) is 33.3 Å². The molecular formula is C18H24N2OS. The van der Waals surface area contributed by atoms with Gasteiger partial charge in [-0.15, -0.1) is 0 Å². The maximum Gasteiger partial charge on any atom is 0.166 e. The first-order chi connectivity index (χ1) is 10.7. The number of benzene rings is 2. The molecule has 0 fully saturated rings. The Hall–Kier alpha value is -1.81. The van der Waals surface area contributed by atoms with Crippen molar-refractivity contribution in [2.45, 2.75) is 26.2 Å². The second kappa shape index (κ2) is 8.59. The number of unbranched alkanes of at least 4 members (excludes halogenated alkanes) is 1. The number of methoxy groups -OCH3 is 1. The van der Waals surface area contributed by atoms with Crippen molar-refractivity contribution in [1.82, 2.24) is 10.6 Å². The van der Waals surface area contributed by atoms with Crippen molar-refractivity contribution in [2.75, 3.05) is 20.2 Å². The van der Waals surface area contributed by atoms with Gasteiger partial charge in [-0.1, -0.05) is 37.6 Å². The van der Waals surface area contributed by atoms with E-state index in [0.29, 0.717) is 0 Å². The van der Waals surface area contributed by atoms with Crippen LogP contribution in [0.2, 0.25) is 0 Å². The fraction of sp³-hybridized carbons (Fsp3) is 0.389. The van der Waals surface area contributed by atoms with Crippen LogP contribution in [0.25, 0.3) is 10.8 Å². The van der Waals surface area contributed by atoms with Gasteiger partial charge in [0.2, 0.25) is 0 Å². The largest absolute Gasteiger partial charge is 0.497 e. The van der Waals surface area contributed by atoms with E-state index in [9.17, 15) is 0 Å². The molecule has 0 bridgehead atoms. The molecule has 2 aromatic rings. The van der Waals surface area contributed by atoms with Gasteiger partial charge >= 0.3 is 0 Å². The normalized spacial score (nSPS) is 10.5. The number of thiocarbonyl (C=S) groups is 1. The molecule has 22 heavy (non-hydrogen) atoms. The lowest BCUT2D eigenvalue weighted by molar-refractivity contribution is 0.415. The van der Waals surface area contributed by atoms with Gasteiger partial charge in [0.15, 0.2) is 5.11 Å². The molecule has 118 valence electrons. The van der Waals surface area contributed by atoms with E-state index in [0.717, 1.165) is 36.8 Å². The molecule has 3 nitrogen and oxygen atoms in total. The van der Waals surface area contributed by atoms with Gasteiger partial charge in [0.05, 0.1) is 7.11 Å². The van der Waals surface area contributed by atoms with Crippen molar-refractivity contribution >= 4 is 28.1 Å². The number of ether oxygens (including phenoxy) is 1. The Bertz CT molecular complexity index is 628.